The van der Waals surface area contributed by atoms with Gasteiger partial charge in [0.05, 0.1) is 11.8 Å². The third-order valence-electron chi connectivity index (χ3n) is 4.02. The van der Waals surface area contributed by atoms with Gasteiger partial charge in [0.2, 0.25) is 5.76 Å². The summed E-state index contributed by atoms with van der Waals surface area (Å²) < 4.78 is 27.4. The highest BCUT2D eigenvalue weighted by Gasteiger charge is 2.33. The maximum Gasteiger partial charge on any atom is 0.290 e. The zero-order chi connectivity index (χ0) is 17.0. The van der Waals surface area contributed by atoms with Gasteiger partial charge in [0.15, 0.2) is 0 Å². The molecule has 0 bridgehead atoms. The summed E-state index contributed by atoms with van der Waals surface area (Å²) in [6, 6.07) is 1.03. The van der Waals surface area contributed by atoms with Gasteiger partial charge in [0, 0.05) is 31.9 Å². The summed E-state index contributed by atoms with van der Waals surface area (Å²) in [5, 5.41) is 4.98. The maximum absolute atomic E-state index is 12.1. The molecule has 1 aromatic heterocycles. The molecular weight excluding hydrogens is 322 g/mol. The van der Waals surface area contributed by atoms with Crippen LogP contribution >= 0.6 is 0 Å². The Morgan fingerprint density at radius 3 is 2.78 bits per heavy atom. The number of aromatic nitrogens is 1. The minimum absolute atomic E-state index is 0.0418. The molecule has 0 spiro atoms. The van der Waals surface area contributed by atoms with Crippen LogP contribution in [0.1, 0.15) is 30.3 Å². The van der Waals surface area contributed by atoms with Crippen LogP contribution in [0.3, 0.4) is 0 Å². The number of nitrogens with zero attached hydrogens (tertiary/aromatic N) is 1. The number of H-pyrrole nitrogens is 1. The van der Waals surface area contributed by atoms with Gasteiger partial charge in [-0.15, -0.1) is 0 Å². The van der Waals surface area contributed by atoms with E-state index in [1.807, 2.05) is 0 Å². The molecule has 23 heavy (non-hydrogen) atoms. The Bertz CT molecular complexity index is 693. The molecule has 2 heterocycles. The number of nitrogens with one attached hydrogen (secondary N) is 2. The van der Waals surface area contributed by atoms with Gasteiger partial charge in [-0.05, 0) is 12.3 Å². The number of likely N-dealkylation sites (tertiary alicyclic amines) is 1. The normalized spacial score (nSPS) is 22.3. The molecule has 2 N–H and O–H groups in total. The number of amides is 1. The largest absolute Gasteiger partial charge is 0.373 e. The van der Waals surface area contributed by atoms with Crippen molar-refractivity contribution in [2.24, 2.45) is 5.92 Å². The standard InChI is InChI=1S/C14H23N3O5S/c1-3-4-10-8-17(5-6-23(2,20)21)9-11(10)15-14(19)12-7-13(18)16-22-12/h7,10-11H,3-6,8-9H2,1-2H3,(H,15,19)(H,16,18)/t10-,11-/m0/s1. The highest BCUT2D eigenvalue weighted by molar-refractivity contribution is 7.90. The summed E-state index contributed by atoms with van der Waals surface area (Å²) in [5.41, 5.74) is -0.457. The van der Waals surface area contributed by atoms with E-state index in [0.29, 0.717) is 13.1 Å². The van der Waals surface area contributed by atoms with Crippen LogP contribution in [-0.2, 0) is 9.84 Å². The summed E-state index contributed by atoms with van der Waals surface area (Å²) in [7, 11) is -3.00. The van der Waals surface area contributed by atoms with Gasteiger partial charge in [-0.25, -0.2) is 8.42 Å². The molecule has 1 aliphatic heterocycles. The van der Waals surface area contributed by atoms with E-state index in [1.165, 1.54) is 6.26 Å². The lowest BCUT2D eigenvalue weighted by atomic mass is 9.98. The Labute approximate surface area is 135 Å². The van der Waals surface area contributed by atoms with Crippen LogP contribution in [0.4, 0.5) is 0 Å². The van der Waals surface area contributed by atoms with Crippen molar-refractivity contribution in [2.45, 2.75) is 25.8 Å². The third-order valence-corrected chi connectivity index (χ3v) is 4.94. The number of hydrogen-bond acceptors (Lipinski definition) is 6. The smallest absolute Gasteiger partial charge is 0.290 e. The Kier molecular flexibility index (Phi) is 5.64. The van der Waals surface area contributed by atoms with Crippen molar-refractivity contribution in [3.8, 4) is 0 Å². The molecule has 1 aromatic rings. The molecule has 1 saturated heterocycles. The van der Waals surface area contributed by atoms with Crippen molar-refractivity contribution in [1.82, 2.24) is 15.4 Å². The number of carbonyl (C=O) groups is 1. The minimum Gasteiger partial charge on any atom is -0.373 e. The van der Waals surface area contributed by atoms with E-state index in [4.69, 9.17) is 4.52 Å². The molecule has 8 nitrogen and oxygen atoms in total. The summed E-state index contributed by atoms with van der Waals surface area (Å²) in [6.45, 7) is 3.89. The van der Waals surface area contributed by atoms with Crippen molar-refractivity contribution < 1.29 is 17.7 Å². The fourth-order valence-electron chi connectivity index (χ4n) is 2.90. The fourth-order valence-corrected chi connectivity index (χ4v) is 3.49. The van der Waals surface area contributed by atoms with Crippen molar-refractivity contribution in [1.29, 1.82) is 0 Å². The van der Waals surface area contributed by atoms with Gasteiger partial charge < -0.3 is 9.84 Å². The molecule has 0 unspecified atom stereocenters. The predicted octanol–water partition coefficient (Wildman–Crippen LogP) is -0.157. The molecule has 0 aliphatic carbocycles. The first kappa shape index (κ1) is 17.7. The van der Waals surface area contributed by atoms with Gasteiger partial charge in [0.25, 0.3) is 11.5 Å². The van der Waals surface area contributed by atoms with Gasteiger partial charge in [-0.1, -0.05) is 13.3 Å². The maximum atomic E-state index is 12.1. The summed E-state index contributed by atoms with van der Waals surface area (Å²) in [6.07, 6.45) is 3.15. The average Bonchev–Trinajstić information content (AvgIpc) is 3.03. The Morgan fingerprint density at radius 1 is 1.48 bits per heavy atom. The van der Waals surface area contributed by atoms with Crippen LogP contribution in [0.2, 0.25) is 0 Å². The van der Waals surface area contributed by atoms with Crippen LogP contribution in [0.15, 0.2) is 15.4 Å². The monoisotopic (exact) mass is 345 g/mol. The zero-order valence-corrected chi connectivity index (χ0v) is 14.2. The van der Waals surface area contributed by atoms with E-state index in [9.17, 15) is 18.0 Å². The van der Waals surface area contributed by atoms with E-state index in [1.54, 1.807) is 0 Å². The van der Waals surface area contributed by atoms with Crippen LogP contribution in [-0.4, -0.2) is 62.1 Å². The second kappa shape index (κ2) is 7.31. The molecule has 2 atom stereocenters. The molecule has 0 saturated carbocycles. The minimum atomic E-state index is -3.00. The number of aromatic amines is 1. The topological polar surface area (TPSA) is 112 Å². The molecule has 0 aromatic carbocycles. The number of sulfone groups is 1. The quantitative estimate of drug-likeness (QED) is 0.710. The second-order valence-corrected chi connectivity index (χ2v) is 8.35. The summed E-state index contributed by atoms with van der Waals surface area (Å²) >= 11 is 0. The van der Waals surface area contributed by atoms with E-state index in [0.717, 1.165) is 25.5 Å². The Morgan fingerprint density at radius 2 is 2.22 bits per heavy atom. The molecular formula is C14H23N3O5S. The van der Waals surface area contributed by atoms with Crippen molar-refractivity contribution in [3.05, 3.63) is 22.2 Å². The lowest BCUT2D eigenvalue weighted by molar-refractivity contribution is 0.0891. The van der Waals surface area contributed by atoms with Gasteiger partial charge >= 0.3 is 0 Å². The molecule has 130 valence electrons. The third kappa shape index (κ3) is 5.21. The highest BCUT2D eigenvalue weighted by atomic mass is 32.2. The zero-order valence-electron chi connectivity index (χ0n) is 13.4. The second-order valence-electron chi connectivity index (χ2n) is 6.10. The first-order valence-electron chi connectivity index (χ1n) is 7.68. The van der Waals surface area contributed by atoms with Crippen LogP contribution in [0.5, 0.6) is 0 Å². The van der Waals surface area contributed by atoms with Crippen molar-refractivity contribution in [2.75, 3.05) is 31.6 Å². The van der Waals surface area contributed by atoms with Crippen LogP contribution in [0, 0.1) is 5.92 Å². The lowest BCUT2D eigenvalue weighted by Gasteiger charge is -2.18. The molecule has 1 amide bonds. The first-order chi connectivity index (χ1) is 10.8. The van der Waals surface area contributed by atoms with E-state index < -0.39 is 21.3 Å². The Balaban J connectivity index is 1.97. The number of rotatable bonds is 7. The average molecular weight is 345 g/mol. The van der Waals surface area contributed by atoms with Crippen molar-refractivity contribution >= 4 is 15.7 Å². The van der Waals surface area contributed by atoms with Crippen LogP contribution < -0.4 is 10.9 Å². The SMILES string of the molecule is CCC[C@H]1CN(CCS(C)(=O)=O)C[C@@H]1NC(=O)c1cc(=O)[nH]o1. The van der Waals surface area contributed by atoms with Gasteiger partial charge in [0.1, 0.15) is 9.84 Å². The number of carbonyl (C=O) groups excluding carboxylic acids is 1. The molecule has 0 radical (unpaired) electrons. The van der Waals surface area contributed by atoms with E-state index in [2.05, 4.69) is 22.3 Å². The van der Waals surface area contributed by atoms with Crippen LogP contribution in [0.25, 0.3) is 0 Å². The molecule has 9 heteroatoms. The fraction of sp³-hybridized carbons (Fsp3) is 0.714. The predicted molar refractivity (Wildman–Crippen MR) is 85.1 cm³/mol. The van der Waals surface area contributed by atoms with Crippen molar-refractivity contribution in [3.63, 3.8) is 0 Å². The number of hydrogen-bond donors (Lipinski definition) is 2. The summed E-state index contributed by atoms with van der Waals surface area (Å²) in [5.74, 6) is -0.104. The van der Waals surface area contributed by atoms with E-state index >= 15 is 0 Å². The first-order valence-corrected chi connectivity index (χ1v) is 9.74. The van der Waals surface area contributed by atoms with E-state index in [-0.39, 0.29) is 23.5 Å². The Hall–Kier alpha value is -1.61. The molecule has 2 rings (SSSR count). The molecule has 1 fully saturated rings. The summed E-state index contributed by atoms with van der Waals surface area (Å²) in [4.78, 5) is 25.2. The lowest BCUT2D eigenvalue weighted by Crippen LogP contribution is -2.40. The van der Waals surface area contributed by atoms with Gasteiger partial charge in [-0.3, -0.25) is 14.5 Å². The van der Waals surface area contributed by atoms with Gasteiger partial charge in [-0.2, -0.15) is 5.16 Å². The molecule has 1 aliphatic rings. The highest BCUT2D eigenvalue weighted by Crippen LogP contribution is 2.22.